The Hall–Kier alpha value is -1.87. The van der Waals surface area contributed by atoms with Crippen molar-refractivity contribution < 1.29 is 9.59 Å². The standard InChI is InChI=1S/C16H14O2S/c1-12(17)16(19-14-10-6-3-7-11-14)15(18)13-8-4-2-5-9-13/h2-11,16H,1H3/t16-/m1/s1. The molecule has 0 saturated carbocycles. The van der Waals surface area contributed by atoms with Gasteiger partial charge in [0, 0.05) is 10.5 Å². The largest absolute Gasteiger partial charge is 0.298 e. The molecule has 0 fully saturated rings. The van der Waals surface area contributed by atoms with Gasteiger partial charge in [0.1, 0.15) is 5.25 Å². The Morgan fingerprint density at radius 2 is 1.42 bits per heavy atom. The van der Waals surface area contributed by atoms with Crippen LogP contribution in [0.2, 0.25) is 0 Å². The van der Waals surface area contributed by atoms with E-state index in [0.29, 0.717) is 5.56 Å². The second-order valence-corrected chi connectivity index (χ2v) is 5.33. The van der Waals surface area contributed by atoms with E-state index >= 15 is 0 Å². The number of thioether (sulfide) groups is 1. The highest BCUT2D eigenvalue weighted by Crippen LogP contribution is 2.26. The Balaban J connectivity index is 2.22. The molecule has 0 heterocycles. The fraction of sp³-hybridized carbons (Fsp3) is 0.125. The first-order valence-electron chi connectivity index (χ1n) is 6.00. The van der Waals surface area contributed by atoms with Crippen molar-refractivity contribution in [2.24, 2.45) is 0 Å². The maximum atomic E-state index is 12.3. The van der Waals surface area contributed by atoms with E-state index in [4.69, 9.17) is 0 Å². The Morgan fingerprint density at radius 3 is 1.95 bits per heavy atom. The minimum absolute atomic E-state index is 0.122. The van der Waals surface area contributed by atoms with E-state index in [1.165, 1.54) is 18.7 Å². The smallest absolute Gasteiger partial charge is 0.183 e. The maximum absolute atomic E-state index is 12.3. The number of carbonyl (C=O) groups is 2. The third-order valence-corrected chi connectivity index (χ3v) is 3.99. The van der Waals surface area contributed by atoms with E-state index < -0.39 is 5.25 Å². The lowest BCUT2D eigenvalue weighted by atomic mass is 10.1. The van der Waals surface area contributed by atoms with Crippen LogP contribution in [0.1, 0.15) is 17.3 Å². The van der Waals surface area contributed by atoms with Crippen LogP contribution in [0.25, 0.3) is 0 Å². The fourth-order valence-corrected chi connectivity index (χ4v) is 2.71. The zero-order valence-electron chi connectivity index (χ0n) is 10.6. The molecular formula is C16H14O2S. The van der Waals surface area contributed by atoms with Gasteiger partial charge in [0.15, 0.2) is 11.6 Å². The first-order chi connectivity index (χ1) is 9.18. The molecular weight excluding hydrogens is 256 g/mol. The van der Waals surface area contributed by atoms with Gasteiger partial charge in [-0.25, -0.2) is 0 Å². The molecule has 2 rings (SSSR count). The molecule has 0 radical (unpaired) electrons. The van der Waals surface area contributed by atoms with Gasteiger partial charge >= 0.3 is 0 Å². The third kappa shape index (κ3) is 3.55. The van der Waals surface area contributed by atoms with Gasteiger partial charge in [0.2, 0.25) is 0 Å². The molecule has 3 heteroatoms. The molecule has 0 spiro atoms. The Kier molecular flexibility index (Phi) is 4.53. The number of rotatable bonds is 5. The second kappa shape index (κ2) is 6.34. The average molecular weight is 270 g/mol. The molecule has 0 bridgehead atoms. The molecule has 96 valence electrons. The van der Waals surface area contributed by atoms with Gasteiger partial charge in [-0.3, -0.25) is 9.59 Å². The zero-order chi connectivity index (χ0) is 13.7. The molecule has 0 saturated heterocycles. The van der Waals surface area contributed by atoms with Gasteiger partial charge in [0.25, 0.3) is 0 Å². The normalized spacial score (nSPS) is 11.8. The lowest BCUT2D eigenvalue weighted by Gasteiger charge is -2.12. The summed E-state index contributed by atoms with van der Waals surface area (Å²) in [6.07, 6.45) is 0. The van der Waals surface area contributed by atoms with E-state index in [0.717, 1.165) is 4.90 Å². The van der Waals surface area contributed by atoms with Crippen molar-refractivity contribution in [1.29, 1.82) is 0 Å². The predicted molar refractivity (Wildman–Crippen MR) is 77.5 cm³/mol. The summed E-state index contributed by atoms with van der Waals surface area (Å²) in [5, 5.41) is -0.676. The van der Waals surface area contributed by atoms with Crippen LogP contribution in [0.15, 0.2) is 65.6 Å². The molecule has 2 aromatic rings. The lowest BCUT2D eigenvalue weighted by molar-refractivity contribution is -0.115. The monoisotopic (exact) mass is 270 g/mol. The maximum Gasteiger partial charge on any atom is 0.183 e. The summed E-state index contributed by atoms with van der Waals surface area (Å²) >= 11 is 1.30. The molecule has 0 aliphatic rings. The highest BCUT2D eigenvalue weighted by Gasteiger charge is 2.25. The van der Waals surface area contributed by atoms with Crippen molar-refractivity contribution >= 4 is 23.3 Å². The van der Waals surface area contributed by atoms with E-state index in [9.17, 15) is 9.59 Å². The first kappa shape index (κ1) is 13.6. The van der Waals surface area contributed by atoms with Crippen molar-refractivity contribution in [3.05, 3.63) is 66.2 Å². The number of carbonyl (C=O) groups excluding carboxylic acids is 2. The molecule has 0 aliphatic carbocycles. The number of benzene rings is 2. The van der Waals surface area contributed by atoms with Crippen LogP contribution in [0, 0.1) is 0 Å². The van der Waals surface area contributed by atoms with Gasteiger partial charge in [-0.2, -0.15) is 0 Å². The van der Waals surface area contributed by atoms with Crippen LogP contribution < -0.4 is 0 Å². The topological polar surface area (TPSA) is 34.1 Å². The Bertz CT molecular complexity index is 564. The molecule has 0 amide bonds. The van der Waals surface area contributed by atoms with Crippen LogP contribution >= 0.6 is 11.8 Å². The van der Waals surface area contributed by atoms with E-state index in [-0.39, 0.29) is 11.6 Å². The average Bonchev–Trinajstić information content (AvgIpc) is 2.46. The quantitative estimate of drug-likeness (QED) is 0.473. The molecule has 0 aliphatic heterocycles. The summed E-state index contributed by atoms with van der Waals surface area (Å²) in [5.74, 6) is -0.260. The van der Waals surface area contributed by atoms with E-state index in [2.05, 4.69) is 0 Å². The Labute approximate surface area is 116 Å². The molecule has 2 aromatic carbocycles. The lowest BCUT2D eigenvalue weighted by Crippen LogP contribution is -2.24. The minimum atomic E-state index is -0.676. The number of hydrogen-bond acceptors (Lipinski definition) is 3. The second-order valence-electron chi connectivity index (χ2n) is 4.15. The molecule has 0 aromatic heterocycles. The summed E-state index contributed by atoms with van der Waals surface area (Å²) in [7, 11) is 0. The van der Waals surface area contributed by atoms with Gasteiger partial charge in [-0.05, 0) is 19.1 Å². The molecule has 2 nitrogen and oxygen atoms in total. The van der Waals surface area contributed by atoms with Crippen LogP contribution in [0.3, 0.4) is 0 Å². The van der Waals surface area contributed by atoms with Crippen molar-refractivity contribution in [3.8, 4) is 0 Å². The van der Waals surface area contributed by atoms with Crippen LogP contribution in [-0.2, 0) is 4.79 Å². The van der Waals surface area contributed by atoms with Gasteiger partial charge < -0.3 is 0 Å². The van der Waals surface area contributed by atoms with E-state index in [1.54, 1.807) is 24.3 Å². The minimum Gasteiger partial charge on any atom is -0.298 e. The molecule has 19 heavy (non-hydrogen) atoms. The summed E-state index contributed by atoms with van der Waals surface area (Å²) in [6, 6.07) is 18.4. The third-order valence-electron chi connectivity index (χ3n) is 2.66. The predicted octanol–water partition coefficient (Wildman–Crippen LogP) is 3.62. The zero-order valence-corrected chi connectivity index (χ0v) is 11.4. The summed E-state index contributed by atoms with van der Waals surface area (Å²) in [4.78, 5) is 25.0. The number of Topliss-reactive ketones (excluding diaryl/α,β-unsaturated/α-hetero) is 2. The van der Waals surface area contributed by atoms with Crippen LogP contribution in [0.4, 0.5) is 0 Å². The summed E-state index contributed by atoms with van der Waals surface area (Å²) in [5.41, 5.74) is 0.575. The fourth-order valence-electron chi connectivity index (χ4n) is 1.71. The van der Waals surface area contributed by atoms with Crippen LogP contribution in [-0.4, -0.2) is 16.8 Å². The number of hydrogen-bond donors (Lipinski definition) is 0. The first-order valence-corrected chi connectivity index (χ1v) is 6.88. The summed E-state index contributed by atoms with van der Waals surface area (Å²) < 4.78 is 0. The van der Waals surface area contributed by atoms with Gasteiger partial charge in [-0.15, -0.1) is 11.8 Å². The highest BCUT2D eigenvalue weighted by molar-refractivity contribution is 8.01. The molecule has 1 atom stereocenters. The SMILES string of the molecule is CC(=O)[C@@H](Sc1ccccc1)C(=O)c1ccccc1. The van der Waals surface area contributed by atoms with Crippen molar-refractivity contribution in [3.63, 3.8) is 0 Å². The molecule has 0 N–H and O–H groups in total. The van der Waals surface area contributed by atoms with E-state index in [1.807, 2.05) is 36.4 Å². The van der Waals surface area contributed by atoms with Crippen LogP contribution in [0.5, 0.6) is 0 Å². The summed E-state index contributed by atoms with van der Waals surface area (Å²) in [6.45, 7) is 1.46. The Morgan fingerprint density at radius 1 is 0.895 bits per heavy atom. The highest BCUT2D eigenvalue weighted by atomic mass is 32.2. The number of ketones is 2. The van der Waals surface area contributed by atoms with Crippen molar-refractivity contribution in [2.45, 2.75) is 17.1 Å². The van der Waals surface area contributed by atoms with Crippen molar-refractivity contribution in [2.75, 3.05) is 0 Å². The van der Waals surface area contributed by atoms with Gasteiger partial charge in [-0.1, -0.05) is 48.5 Å². The van der Waals surface area contributed by atoms with Crippen molar-refractivity contribution in [1.82, 2.24) is 0 Å². The molecule has 0 unspecified atom stereocenters. The van der Waals surface area contributed by atoms with Gasteiger partial charge in [0.05, 0.1) is 0 Å².